The van der Waals surface area contributed by atoms with E-state index in [0.29, 0.717) is 32.4 Å². The molecule has 3 atom stereocenters. The third kappa shape index (κ3) is 6.99. The zero-order valence-corrected chi connectivity index (χ0v) is 14.9. The smallest absolute Gasteiger partial charge is 0.326 e. The van der Waals surface area contributed by atoms with Crippen LogP contribution in [0.4, 0.5) is 0 Å². The largest absolute Gasteiger partial charge is 0.480 e. The Hall–Kier alpha value is -1.67. The molecule has 0 saturated carbocycles. The molecule has 1 amide bonds. The number of nitrogens with one attached hydrogen (secondary N) is 1. The van der Waals surface area contributed by atoms with Crippen molar-refractivity contribution in [2.75, 3.05) is 13.1 Å². The molecular formula is C17H31N3O5. The van der Waals surface area contributed by atoms with Gasteiger partial charge < -0.3 is 20.8 Å². The molecule has 1 saturated heterocycles. The van der Waals surface area contributed by atoms with Crippen LogP contribution in [0.5, 0.6) is 0 Å². The molecule has 1 aliphatic heterocycles. The van der Waals surface area contributed by atoms with Gasteiger partial charge in [0.15, 0.2) is 0 Å². The highest BCUT2D eigenvalue weighted by atomic mass is 16.4. The molecule has 0 aromatic rings. The number of likely N-dealkylation sites (tertiary alicyclic amines) is 1. The van der Waals surface area contributed by atoms with E-state index in [1.165, 1.54) is 4.90 Å². The van der Waals surface area contributed by atoms with E-state index >= 15 is 0 Å². The van der Waals surface area contributed by atoms with Crippen LogP contribution in [0.15, 0.2) is 0 Å². The first-order valence-corrected chi connectivity index (χ1v) is 9.10. The van der Waals surface area contributed by atoms with Crippen LogP contribution in [0, 0.1) is 0 Å². The Bertz CT molecular complexity index is 458. The average Bonchev–Trinajstić information content (AvgIpc) is 3.05. The summed E-state index contributed by atoms with van der Waals surface area (Å²) >= 11 is 0. The highest BCUT2D eigenvalue weighted by Crippen LogP contribution is 2.19. The SMILES string of the molecule is CC(NC(CCCCCCCN)C(=O)O)C(=O)N1CCC[C@H]1C(=O)O. The standard InChI is InChI=1S/C17H31N3O5/c1-12(15(21)20-11-7-9-14(20)17(24)25)19-13(16(22)23)8-5-3-2-4-6-10-18/h12-14,19H,2-11,18H2,1H3,(H,22,23)(H,24,25)/t12?,13?,14-/m0/s1. The number of nitrogens with two attached hydrogens (primary N) is 1. The number of amides is 1. The third-order valence-electron chi connectivity index (χ3n) is 4.64. The number of nitrogens with zero attached hydrogens (tertiary/aromatic N) is 1. The summed E-state index contributed by atoms with van der Waals surface area (Å²) in [6, 6.07) is -2.33. The number of hydrogen-bond donors (Lipinski definition) is 4. The Morgan fingerprint density at radius 2 is 1.80 bits per heavy atom. The number of rotatable bonds is 12. The molecule has 1 rings (SSSR count). The molecule has 0 aromatic heterocycles. The lowest BCUT2D eigenvalue weighted by Crippen LogP contribution is -2.53. The van der Waals surface area contributed by atoms with Crippen molar-refractivity contribution < 1.29 is 24.6 Å². The van der Waals surface area contributed by atoms with Crippen molar-refractivity contribution in [1.29, 1.82) is 0 Å². The van der Waals surface area contributed by atoms with Crippen LogP contribution in [0.1, 0.15) is 58.3 Å². The zero-order chi connectivity index (χ0) is 18.8. The maximum atomic E-state index is 12.5. The van der Waals surface area contributed by atoms with Crippen molar-refractivity contribution in [3.63, 3.8) is 0 Å². The second-order valence-corrected chi connectivity index (χ2v) is 6.65. The van der Waals surface area contributed by atoms with Gasteiger partial charge in [0.2, 0.25) is 5.91 Å². The van der Waals surface area contributed by atoms with Crippen molar-refractivity contribution in [3.8, 4) is 0 Å². The summed E-state index contributed by atoms with van der Waals surface area (Å²) in [5.74, 6) is -2.35. The third-order valence-corrected chi connectivity index (χ3v) is 4.64. The van der Waals surface area contributed by atoms with Gasteiger partial charge in [-0.15, -0.1) is 0 Å². The minimum atomic E-state index is -1.01. The molecule has 0 radical (unpaired) electrons. The highest BCUT2D eigenvalue weighted by Gasteiger charge is 2.36. The number of hydrogen-bond acceptors (Lipinski definition) is 5. The van der Waals surface area contributed by atoms with Crippen molar-refractivity contribution in [2.45, 2.75) is 76.4 Å². The second-order valence-electron chi connectivity index (χ2n) is 6.65. The van der Waals surface area contributed by atoms with Gasteiger partial charge in [0.05, 0.1) is 6.04 Å². The molecule has 0 bridgehead atoms. The van der Waals surface area contributed by atoms with Crippen molar-refractivity contribution in [3.05, 3.63) is 0 Å². The topological polar surface area (TPSA) is 133 Å². The molecule has 8 heteroatoms. The fourth-order valence-electron chi connectivity index (χ4n) is 3.21. The van der Waals surface area contributed by atoms with E-state index in [0.717, 1.165) is 32.1 Å². The molecule has 0 aliphatic carbocycles. The summed E-state index contributed by atoms with van der Waals surface area (Å²) in [6.45, 7) is 2.67. The van der Waals surface area contributed by atoms with E-state index in [1.54, 1.807) is 6.92 Å². The van der Waals surface area contributed by atoms with Crippen LogP contribution < -0.4 is 11.1 Å². The van der Waals surface area contributed by atoms with Gasteiger partial charge in [-0.05, 0) is 39.2 Å². The normalized spacial score (nSPS) is 19.6. The number of carbonyl (C=O) groups is 3. The van der Waals surface area contributed by atoms with Gasteiger partial charge in [-0.3, -0.25) is 14.9 Å². The molecule has 1 heterocycles. The van der Waals surface area contributed by atoms with Crippen molar-refractivity contribution in [2.24, 2.45) is 5.73 Å². The molecular weight excluding hydrogens is 326 g/mol. The molecule has 5 N–H and O–H groups in total. The highest BCUT2D eigenvalue weighted by molar-refractivity contribution is 5.88. The van der Waals surface area contributed by atoms with Gasteiger partial charge in [-0.1, -0.05) is 25.7 Å². The van der Waals surface area contributed by atoms with Crippen LogP contribution in [0.2, 0.25) is 0 Å². The summed E-state index contributed by atoms with van der Waals surface area (Å²) in [4.78, 5) is 36.4. The van der Waals surface area contributed by atoms with E-state index in [1.807, 2.05) is 0 Å². The first-order chi connectivity index (χ1) is 11.9. The Balaban J connectivity index is 2.46. The van der Waals surface area contributed by atoms with Crippen LogP contribution in [0.25, 0.3) is 0 Å². The predicted octanol–water partition coefficient (Wildman–Crippen LogP) is 0.793. The number of carbonyl (C=O) groups excluding carboxylic acids is 1. The van der Waals surface area contributed by atoms with E-state index in [4.69, 9.17) is 5.73 Å². The van der Waals surface area contributed by atoms with E-state index < -0.39 is 30.1 Å². The van der Waals surface area contributed by atoms with E-state index in [9.17, 15) is 24.6 Å². The Kier molecular flexibility index (Phi) is 9.44. The van der Waals surface area contributed by atoms with Crippen LogP contribution in [-0.2, 0) is 14.4 Å². The molecule has 8 nitrogen and oxygen atoms in total. The number of unbranched alkanes of at least 4 members (excludes halogenated alkanes) is 4. The first-order valence-electron chi connectivity index (χ1n) is 9.10. The maximum absolute atomic E-state index is 12.5. The summed E-state index contributed by atoms with van der Waals surface area (Å²) in [5.41, 5.74) is 5.43. The molecule has 144 valence electrons. The Labute approximate surface area is 148 Å². The minimum Gasteiger partial charge on any atom is -0.480 e. The molecule has 1 fully saturated rings. The lowest BCUT2D eigenvalue weighted by atomic mass is 10.1. The first kappa shape index (κ1) is 21.4. The van der Waals surface area contributed by atoms with Crippen LogP contribution in [0.3, 0.4) is 0 Å². The van der Waals surface area contributed by atoms with Gasteiger partial charge in [0.25, 0.3) is 0 Å². The summed E-state index contributed by atoms with van der Waals surface area (Å²) in [6.07, 6.45) is 6.27. The molecule has 1 aliphatic rings. The van der Waals surface area contributed by atoms with Gasteiger partial charge in [-0.25, -0.2) is 4.79 Å². The molecule has 25 heavy (non-hydrogen) atoms. The maximum Gasteiger partial charge on any atom is 0.326 e. The zero-order valence-electron chi connectivity index (χ0n) is 14.9. The monoisotopic (exact) mass is 357 g/mol. The predicted molar refractivity (Wildman–Crippen MR) is 93.1 cm³/mol. The molecule has 0 aromatic carbocycles. The fraction of sp³-hybridized carbons (Fsp3) is 0.824. The summed E-state index contributed by atoms with van der Waals surface area (Å²) in [7, 11) is 0. The number of carboxylic acids is 2. The molecule has 2 unspecified atom stereocenters. The van der Waals surface area contributed by atoms with Crippen molar-refractivity contribution >= 4 is 17.8 Å². The van der Waals surface area contributed by atoms with E-state index in [-0.39, 0.29) is 5.91 Å². The van der Waals surface area contributed by atoms with Crippen molar-refractivity contribution in [1.82, 2.24) is 10.2 Å². The minimum absolute atomic E-state index is 0.348. The van der Waals surface area contributed by atoms with Crippen LogP contribution in [-0.4, -0.2) is 64.2 Å². The van der Waals surface area contributed by atoms with E-state index in [2.05, 4.69) is 5.32 Å². The lowest BCUT2D eigenvalue weighted by Gasteiger charge is -2.27. The summed E-state index contributed by atoms with van der Waals surface area (Å²) in [5, 5.41) is 21.4. The quantitative estimate of drug-likeness (QED) is 0.380. The number of carboxylic acid groups (broad SMARTS) is 2. The average molecular weight is 357 g/mol. The van der Waals surface area contributed by atoms with Crippen LogP contribution >= 0.6 is 0 Å². The van der Waals surface area contributed by atoms with Gasteiger partial charge in [0.1, 0.15) is 12.1 Å². The van der Waals surface area contributed by atoms with Gasteiger partial charge >= 0.3 is 11.9 Å². The number of aliphatic carboxylic acids is 2. The second kappa shape index (κ2) is 11.0. The fourth-order valence-corrected chi connectivity index (χ4v) is 3.21. The molecule has 0 spiro atoms. The summed E-state index contributed by atoms with van der Waals surface area (Å²) < 4.78 is 0. The lowest BCUT2D eigenvalue weighted by molar-refractivity contribution is -0.149. The Morgan fingerprint density at radius 3 is 2.40 bits per heavy atom. The van der Waals surface area contributed by atoms with Gasteiger partial charge in [0, 0.05) is 6.54 Å². The Morgan fingerprint density at radius 1 is 1.16 bits per heavy atom. The van der Waals surface area contributed by atoms with Gasteiger partial charge in [-0.2, -0.15) is 0 Å².